The number of rotatable bonds is 11. The van der Waals surface area contributed by atoms with E-state index in [1.54, 1.807) is 57.4 Å². The predicted octanol–water partition coefficient (Wildman–Crippen LogP) is 3.04. The lowest BCUT2D eigenvalue weighted by Crippen LogP contribution is -2.30. The number of ether oxygens (including phenoxy) is 1. The van der Waals surface area contributed by atoms with E-state index >= 15 is 0 Å². The molecule has 0 heterocycles. The van der Waals surface area contributed by atoms with E-state index in [0.29, 0.717) is 30.2 Å². The summed E-state index contributed by atoms with van der Waals surface area (Å²) in [7, 11) is -1.97. The van der Waals surface area contributed by atoms with Gasteiger partial charge < -0.3 is 15.4 Å². The molecule has 0 atom stereocenters. The zero-order valence-corrected chi connectivity index (χ0v) is 19.4. The molecule has 2 rings (SSSR count). The summed E-state index contributed by atoms with van der Waals surface area (Å²) >= 11 is 1.18. The number of nitrogens with one attached hydrogen (secondary N) is 2. The van der Waals surface area contributed by atoms with Crippen molar-refractivity contribution in [2.75, 3.05) is 42.3 Å². The van der Waals surface area contributed by atoms with E-state index in [-0.39, 0.29) is 28.2 Å². The summed E-state index contributed by atoms with van der Waals surface area (Å²) in [6, 6.07) is 13.0. The van der Waals surface area contributed by atoms with Crippen LogP contribution in [0.3, 0.4) is 0 Å². The van der Waals surface area contributed by atoms with Gasteiger partial charge in [0.2, 0.25) is 21.8 Å². The number of amides is 2. The molecule has 2 N–H and O–H groups in total. The molecule has 0 unspecified atom stereocenters. The third kappa shape index (κ3) is 7.27. The number of thioether (sulfide) groups is 1. The highest BCUT2D eigenvalue weighted by Gasteiger charge is 2.21. The Hall–Kier alpha value is -2.56. The van der Waals surface area contributed by atoms with Crippen LogP contribution in [0.4, 0.5) is 11.4 Å². The van der Waals surface area contributed by atoms with E-state index in [9.17, 15) is 18.0 Å². The highest BCUT2D eigenvalue weighted by molar-refractivity contribution is 8.00. The van der Waals surface area contributed by atoms with Gasteiger partial charge in [-0.2, -0.15) is 4.31 Å². The summed E-state index contributed by atoms with van der Waals surface area (Å²) in [6.45, 7) is 4.34. The summed E-state index contributed by atoms with van der Waals surface area (Å²) in [4.78, 5) is 24.3. The number of anilines is 2. The van der Waals surface area contributed by atoms with Gasteiger partial charge in [0.05, 0.1) is 23.5 Å². The Kier molecular flexibility index (Phi) is 9.35. The van der Waals surface area contributed by atoms with Crippen molar-refractivity contribution in [3.63, 3.8) is 0 Å². The van der Waals surface area contributed by atoms with Crippen molar-refractivity contribution >= 4 is 45.0 Å². The Morgan fingerprint density at radius 3 is 1.74 bits per heavy atom. The molecule has 2 aromatic carbocycles. The zero-order valence-electron chi connectivity index (χ0n) is 17.8. The number of hydrogen-bond donors (Lipinski definition) is 2. The van der Waals surface area contributed by atoms with Crippen LogP contribution in [0.25, 0.3) is 0 Å². The molecular weight excluding hydrogens is 438 g/mol. The van der Waals surface area contributed by atoms with Crippen molar-refractivity contribution in [3.8, 4) is 5.75 Å². The first-order valence-electron chi connectivity index (χ1n) is 9.71. The van der Waals surface area contributed by atoms with Crippen molar-refractivity contribution in [2.24, 2.45) is 0 Å². The maximum absolute atomic E-state index is 12.5. The fourth-order valence-electron chi connectivity index (χ4n) is 2.73. The third-order valence-corrected chi connectivity index (χ3v) is 7.32. The van der Waals surface area contributed by atoms with E-state index in [4.69, 9.17) is 4.74 Å². The molecule has 0 aliphatic heterocycles. The molecule has 0 fully saturated rings. The molecular formula is C21H27N3O5S2. The highest BCUT2D eigenvalue weighted by Crippen LogP contribution is 2.19. The highest BCUT2D eigenvalue weighted by atomic mass is 32.2. The summed E-state index contributed by atoms with van der Waals surface area (Å²) in [5.41, 5.74) is 1.14. The molecule has 0 saturated carbocycles. The number of benzene rings is 2. The number of sulfonamides is 1. The molecule has 0 aliphatic carbocycles. The van der Waals surface area contributed by atoms with Crippen molar-refractivity contribution < 1.29 is 22.7 Å². The lowest BCUT2D eigenvalue weighted by Gasteiger charge is -2.18. The van der Waals surface area contributed by atoms with Crippen molar-refractivity contribution in [1.82, 2.24) is 4.31 Å². The van der Waals surface area contributed by atoms with Crippen LogP contribution in [0.1, 0.15) is 13.8 Å². The first kappa shape index (κ1) is 24.7. The second kappa shape index (κ2) is 11.7. The van der Waals surface area contributed by atoms with E-state index < -0.39 is 10.0 Å². The SMILES string of the molecule is CCN(CC)S(=O)(=O)c1ccc(NC(=O)CSCC(=O)Nc2ccc(OC)cc2)cc1. The number of nitrogens with zero attached hydrogens (tertiary/aromatic N) is 1. The molecule has 0 bridgehead atoms. The fraction of sp³-hybridized carbons (Fsp3) is 0.333. The van der Waals surface area contributed by atoms with Crippen LogP contribution in [-0.2, 0) is 19.6 Å². The maximum atomic E-state index is 12.5. The van der Waals surface area contributed by atoms with Gasteiger partial charge in [0.25, 0.3) is 0 Å². The number of carbonyl (C=O) groups excluding carboxylic acids is 2. The van der Waals surface area contributed by atoms with Crippen molar-refractivity contribution in [3.05, 3.63) is 48.5 Å². The van der Waals surface area contributed by atoms with E-state index in [1.807, 2.05) is 0 Å². The quantitative estimate of drug-likeness (QED) is 0.529. The second-order valence-corrected chi connectivity index (χ2v) is 9.35. The number of methoxy groups -OCH3 is 1. The van der Waals surface area contributed by atoms with Gasteiger partial charge in [-0.1, -0.05) is 13.8 Å². The Labute approximate surface area is 187 Å². The standard InChI is InChI=1S/C21H27N3O5S2/c1-4-24(5-2)31(27,28)19-12-8-17(9-13-19)23-21(26)15-30-14-20(25)22-16-6-10-18(29-3)11-7-16/h6-13H,4-5,14-15H2,1-3H3,(H,22,25)(H,23,26). The van der Waals surface area contributed by atoms with Gasteiger partial charge >= 0.3 is 0 Å². The molecule has 31 heavy (non-hydrogen) atoms. The topological polar surface area (TPSA) is 105 Å². The lowest BCUT2D eigenvalue weighted by molar-refractivity contribution is -0.114. The van der Waals surface area contributed by atoms with Crippen LogP contribution in [0, 0.1) is 0 Å². The monoisotopic (exact) mass is 465 g/mol. The van der Waals surface area contributed by atoms with E-state index in [2.05, 4.69) is 10.6 Å². The number of carbonyl (C=O) groups is 2. The van der Waals surface area contributed by atoms with Gasteiger partial charge in [-0.3, -0.25) is 9.59 Å². The molecule has 2 aromatic rings. The third-order valence-electron chi connectivity index (χ3n) is 4.32. The molecule has 10 heteroatoms. The largest absolute Gasteiger partial charge is 0.497 e. The van der Waals surface area contributed by atoms with Gasteiger partial charge in [-0.05, 0) is 48.5 Å². The predicted molar refractivity (Wildman–Crippen MR) is 124 cm³/mol. The minimum absolute atomic E-state index is 0.0928. The molecule has 0 saturated heterocycles. The zero-order chi connectivity index (χ0) is 22.9. The molecule has 0 aliphatic rings. The summed E-state index contributed by atoms with van der Waals surface area (Å²) in [6.07, 6.45) is 0. The Bertz CT molecular complexity index is 973. The van der Waals surface area contributed by atoms with Gasteiger partial charge in [-0.25, -0.2) is 8.42 Å². The van der Waals surface area contributed by atoms with Gasteiger partial charge in [0, 0.05) is 24.5 Å². The van der Waals surface area contributed by atoms with Crippen LogP contribution in [0.2, 0.25) is 0 Å². The Morgan fingerprint density at radius 1 is 0.871 bits per heavy atom. The summed E-state index contributed by atoms with van der Waals surface area (Å²) < 4.78 is 31.4. The van der Waals surface area contributed by atoms with Crippen molar-refractivity contribution in [2.45, 2.75) is 18.7 Å². The van der Waals surface area contributed by atoms with E-state index in [0.717, 1.165) is 0 Å². The van der Waals surface area contributed by atoms with Crippen LogP contribution in [0.5, 0.6) is 5.75 Å². The van der Waals surface area contributed by atoms with Crippen LogP contribution in [0.15, 0.2) is 53.4 Å². The van der Waals surface area contributed by atoms with Crippen LogP contribution >= 0.6 is 11.8 Å². The molecule has 0 radical (unpaired) electrons. The van der Waals surface area contributed by atoms with Gasteiger partial charge in [0.1, 0.15) is 5.75 Å². The molecule has 0 aromatic heterocycles. The van der Waals surface area contributed by atoms with Crippen molar-refractivity contribution in [1.29, 1.82) is 0 Å². The van der Waals surface area contributed by atoms with Crippen LogP contribution in [-0.4, -0.2) is 56.2 Å². The van der Waals surface area contributed by atoms with Gasteiger partial charge in [0.15, 0.2) is 0 Å². The molecule has 0 spiro atoms. The summed E-state index contributed by atoms with van der Waals surface area (Å²) in [5, 5.41) is 5.45. The minimum Gasteiger partial charge on any atom is -0.497 e. The van der Waals surface area contributed by atoms with Gasteiger partial charge in [-0.15, -0.1) is 11.8 Å². The smallest absolute Gasteiger partial charge is 0.243 e. The number of hydrogen-bond acceptors (Lipinski definition) is 6. The Morgan fingerprint density at radius 2 is 1.32 bits per heavy atom. The fourth-order valence-corrected chi connectivity index (χ4v) is 4.80. The molecule has 8 nitrogen and oxygen atoms in total. The first-order chi connectivity index (χ1) is 14.8. The minimum atomic E-state index is -3.53. The maximum Gasteiger partial charge on any atom is 0.243 e. The second-order valence-electron chi connectivity index (χ2n) is 6.43. The average molecular weight is 466 g/mol. The molecule has 168 valence electrons. The van der Waals surface area contributed by atoms with Crippen LogP contribution < -0.4 is 15.4 Å². The normalized spacial score (nSPS) is 11.2. The summed E-state index contributed by atoms with van der Waals surface area (Å²) in [5.74, 6) is 0.425. The lowest BCUT2D eigenvalue weighted by atomic mass is 10.3. The van der Waals surface area contributed by atoms with E-state index in [1.165, 1.54) is 28.2 Å². The average Bonchev–Trinajstić information content (AvgIpc) is 2.75. The first-order valence-corrected chi connectivity index (χ1v) is 12.3. The molecule has 2 amide bonds. The Balaban J connectivity index is 1.80.